The van der Waals surface area contributed by atoms with E-state index in [9.17, 15) is 0 Å². The summed E-state index contributed by atoms with van der Waals surface area (Å²) in [6, 6.07) is 5.59. The molecule has 0 aliphatic heterocycles. The maximum atomic E-state index is 9.05. The average Bonchev–Trinajstić information content (AvgIpc) is 2.78. The Bertz CT molecular complexity index is 574. The van der Waals surface area contributed by atoms with E-state index in [0.29, 0.717) is 16.6 Å². The third-order valence-electron chi connectivity index (χ3n) is 2.68. The van der Waals surface area contributed by atoms with E-state index in [1.54, 1.807) is 17.7 Å². The van der Waals surface area contributed by atoms with Gasteiger partial charge in [-0.2, -0.15) is 0 Å². The molecule has 102 valence electrons. The summed E-state index contributed by atoms with van der Waals surface area (Å²) in [5.74, 6) is 1.96. The fraction of sp³-hybridized carbons (Fsp3) is 0.333. The highest BCUT2D eigenvalue weighted by Crippen LogP contribution is 2.28. The van der Waals surface area contributed by atoms with Gasteiger partial charge in [0, 0.05) is 17.8 Å². The second kappa shape index (κ2) is 6.27. The molecule has 1 aromatic heterocycles. The first kappa shape index (κ1) is 14.2. The van der Waals surface area contributed by atoms with Crippen molar-refractivity contribution in [3.05, 3.63) is 34.6 Å². The first-order valence-electron chi connectivity index (χ1n) is 5.60. The monoisotopic (exact) mass is 299 g/mol. The lowest BCUT2D eigenvalue weighted by Gasteiger charge is -2.06. The Hall–Kier alpha value is -1.24. The van der Waals surface area contributed by atoms with Gasteiger partial charge in [-0.25, -0.2) is 0 Å². The molecule has 0 amide bonds. The molecule has 0 bridgehead atoms. The summed E-state index contributed by atoms with van der Waals surface area (Å²) < 4.78 is 6.87. The van der Waals surface area contributed by atoms with E-state index >= 15 is 0 Å². The standard InChI is InChI=1S/C12H14ClN3O2S/c1-16-11(6-17)14-15-12(16)19-7-8-3-4-9(18-2)5-10(8)13/h3-5,17H,6-7H2,1-2H3. The van der Waals surface area contributed by atoms with E-state index in [2.05, 4.69) is 10.2 Å². The van der Waals surface area contributed by atoms with Crippen LogP contribution in [0.15, 0.2) is 23.4 Å². The van der Waals surface area contributed by atoms with Gasteiger partial charge >= 0.3 is 0 Å². The van der Waals surface area contributed by atoms with Gasteiger partial charge in [0.15, 0.2) is 11.0 Å². The molecule has 1 aromatic carbocycles. The van der Waals surface area contributed by atoms with Gasteiger partial charge in [-0.05, 0) is 17.7 Å². The normalized spacial score (nSPS) is 10.7. The van der Waals surface area contributed by atoms with Gasteiger partial charge in [-0.3, -0.25) is 0 Å². The Balaban J connectivity index is 2.08. The minimum absolute atomic E-state index is 0.118. The highest BCUT2D eigenvalue weighted by atomic mass is 35.5. The van der Waals surface area contributed by atoms with E-state index in [1.807, 2.05) is 19.2 Å². The van der Waals surface area contributed by atoms with Crippen molar-refractivity contribution in [1.82, 2.24) is 14.8 Å². The predicted octanol–water partition coefficient (Wildman–Crippen LogP) is 2.26. The van der Waals surface area contributed by atoms with Gasteiger partial charge in [-0.1, -0.05) is 29.4 Å². The molecule has 1 heterocycles. The molecule has 0 spiro atoms. The van der Waals surface area contributed by atoms with Crippen molar-refractivity contribution < 1.29 is 9.84 Å². The lowest BCUT2D eigenvalue weighted by Crippen LogP contribution is -1.98. The SMILES string of the molecule is COc1ccc(CSc2nnc(CO)n2C)c(Cl)c1. The van der Waals surface area contributed by atoms with Crippen molar-refractivity contribution >= 4 is 23.4 Å². The minimum atomic E-state index is -0.118. The highest BCUT2D eigenvalue weighted by molar-refractivity contribution is 7.98. The molecule has 0 fully saturated rings. The van der Waals surface area contributed by atoms with Crippen LogP contribution in [0.2, 0.25) is 5.02 Å². The molecule has 0 aliphatic rings. The zero-order valence-electron chi connectivity index (χ0n) is 10.6. The number of rotatable bonds is 5. The zero-order valence-corrected chi connectivity index (χ0v) is 12.2. The van der Waals surface area contributed by atoms with Gasteiger partial charge in [0.2, 0.25) is 0 Å². The molecule has 1 N–H and O–H groups in total. The van der Waals surface area contributed by atoms with Gasteiger partial charge in [-0.15, -0.1) is 10.2 Å². The summed E-state index contributed by atoms with van der Waals surface area (Å²) in [6.45, 7) is -0.118. The van der Waals surface area contributed by atoms with E-state index < -0.39 is 0 Å². The summed E-state index contributed by atoms with van der Waals surface area (Å²) in [5.41, 5.74) is 1.00. The maximum Gasteiger partial charge on any atom is 0.191 e. The number of halogens is 1. The van der Waals surface area contributed by atoms with Crippen LogP contribution in [0.1, 0.15) is 11.4 Å². The molecule has 0 unspecified atom stereocenters. The van der Waals surface area contributed by atoms with Crippen LogP contribution in [0, 0.1) is 0 Å². The smallest absolute Gasteiger partial charge is 0.191 e. The van der Waals surface area contributed by atoms with Gasteiger partial charge in [0.05, 0.1) is 7.11 Å². The van der Waals surface area contributed by atoms with Gasteiger partial charge < -0.3 is 14.4 Å². The second-order valence-electron chi connectivity index (χ2n) is 3.86. The Morgan fingerprint density at radius 3 is 2.79 bits per heavy atom. The largest absolute Gasteiger partial charge is 0.497 e. The Morgan fingerprint density at radius 1 is 1.42 bits per heavy atom. The first-order valence-corrected chi connectivity index (χ1v) is 6.96. The van der Waals surface area contributed by atoms with E-state index in [0.717, 1.165) is 16.5 Å². The molecular weight excluding hydrogens is 286 g/mol. The molecule has 5 nitrogen and oxygen atoms in total. The number of ether oxygens (including phenoxy) is 1. The minimum Gasteiger partial charge on any atom is -0.497 e. The van der Waals surface area contributed by atoms with Crippen LogP contribution in [0.5, 0.6) is 5.75 Å². The molecule has 19 heavy (non-hydrogen) atoms. The molecular formula is C12H14ClN3O2S. The number of benzene rings is 1. The van der Waals surface area contributed by atoms with Crippen LogP contribution in [0.4, 0.5) is 0 Å². The number of hydrogen-bond acceptors (Lipinski definition) is 5. The topological polar surface area (TPSA) is 60.2 Å². The van der Waals surface area contributed by atoms with Crippen LogP contribution in [-0.2, 0) is 19.4 Å². The average molecular weight is 300 g/mol. The quantitative estimate of drug-likeness (QED) is 0.858. The molecule has 2 aromatic rings. The van der Waals surface area contributed by atoms with Crippen molar-refractivity contribution in [3.63, 3.8) is 0 Å². The molecule has 0 radical (unpaired) electrons. The summed E-state index contributed by atoms with van der Waals surface area (Å²) in [7, 11) is 3.43. The highest BCUT2D eigenvalue weighted by Gasteiger charge is 2.10. The lowest BCUT2D eigenvalue weighted by atomic mass is 10.2. The molecule has 7 heteroatoms. The summed E-state index contributed by atoms with van der Waals surface area (Å²) >= 11 is 7.69. The number of hydrogen-bond donors (Lipinski definition) is 1. The third-order valence-corrected chi connectivity index (χ3v) is 4.10. The second-order valence-corrected chi connectivity index (χ2v) is 5.21. The van der Waals surface area contributed by atoms with E-state index in [-0.39, 0.29) is 6.61 Å². The van der Waals surface area contributed by atoms with E-state index in [4.69, 9.17) is 21.4 Å². The van der Waals surface area contributed by atoms with Crippen LogP contribution >= 0.6 is 23.4 Å². The number of nitrogens with zero attached hydrogens (tertiary/aromatic N) is 3. The molecule has 0 atom stereocenters. The van der Waals surface area contributed by atoms with Crippen molar-refractivity contribution in [2.75, 3.05) is 7.11 Å². The first-order chi connectivity index (χ1) is 9.15. The Labute approximate surface area is 120 Å². The summed E-state index contributed by atoms with van der Waals surface area (Å²) in [4.78, 5) is 0. The molecule has 2 rings (SSSR count). The van der Waals surface area contributed by atoms with Crippen molar-refractivity contribution in [2.24, 2.45) is 7.05 Å². The maximum absolute atomic E-state index is 9.05. The molecule has 0 saturated heterocycles. The third kappa shape index (κ3) is 3.20. The number of aliphatic hydroxyl groups is 1. The number of methoxy groups -OCH3 is 1. The Kier molecular flexibility index (Phi) is 4.68. The zero-order chi connectivity index (χ0) is 13.8. The van der Waals surface area contributed by atoms with Crippen molar-refractivity contribution in [1.29, 1.82) is 0 Å². The molecule has 0 aliphatic carbocycles. The van der Waals surface area contributed by atoms with Crippen molar-refractivity contribution in [3.8, 4) is 5.75 Å². The van der Waals surface area contributed by atoms with Crippen LogP contribution in [0.3, 0.4) is 0 Å². The van der Waals surface area contributed by atoms with Crippen LogP contribution in [0.25, 0.3) is 0 Å². The number of aliphatic hydroxyl groups excluding tert-OH is 1. The number of aromatic nitrogens is 3. The van der Waals surface area contributed by atoms with Crippen LogP contribution in [-0.4, -0.2) is 27.0 Å². The van der Waals surface area contributed by atoms with Crippen molar-refractivity contribution in [2.45, 2.75) is 17.5 Å². The van der Waals surface area contributed by atoms with Gasteiger partial charge in [0.1, 0.15) is 12.4 Å². The lowest BCUT2D eigenvalue weighted by molar-refractivity contribution is 0.266. The fourth-order valence-electron chi connectivity index (χ4n) is 1.52. The summed E-state index contributed by atoms with van der Waals surface area (Å²) in [5, 5.41) is 18.4. The fourth-order valence-corrected chi connectivity index (χ4v) is 2.77. The van der Waals surface area contributed by atoms with Gasteiger partial charge in [0.25, 0.3) is 0 Å². The summed E-state index contributed by atoms with van der Waals surface area (Å²) in [6.07, 6.45) is 0. The predicted molar refractivity (Wildman–Crippen MR) is 74.5 cm³/mol. The van der Waals surface area contributed by atoms with Crippen LogP contribution < -0.4 is 4.74 Å². The molecule has 0 saturated carbocycles. The Morgan fingerprint density at radius 2 is 2.21 bits per heavy atom. The van der Waals surface area contributed by atoms with E-state index in [1.165, 1.54) is 11.8 Å². The number of thioether (sulfide) groups is 1.